The monoisotopic (exact) mass is 419 g/mol. The molecule has 6 heteroatoms. The standard InChI is InChI=1S/C25H29N3O3/c1-24(2)10-17-11-25(3,14-24)15-28(17)23(30)16-6-7-21-19(9-16)20(13-26-21)22(29)27-12-18-5-4-8-31-18/h4-9,13,17,26H,10-12,14-15H2,1-3H3,(H,27,29). The van der Waals surface area contributed by atoms with E-state index in [0.717, 1.165) is 36.7 Å². The molecule has 162 valence electrons. The van der Waals surface area contributed by atoms with Gasteiger partial charge in [0.2, 0.25) is 0 Å². The molecule has 2 aliphatic rings. The maximum atomic E-state index is 13.5. The predicted octanol–water partition coefficient (Wildman–Crippen LogP) is 4.73. The molecule has 3 heterocycles. The smallest absolute Gasteiger partial charge is 0.254 e. The molecule has 0 radical (unpaired) electrons. The Bertz CT molecular complexity index is 1140. The molecule has 1 aliphatic heterocycles. The Morgan fingerprint density at radius 1 is 1.23 bits per heavy atom. The number of likely N-dealkylation sites (tertiary alicyclic amines) is 1. The average Bonchev–Trinajstić information content (AvgIpc) is 3.42. The third-order valence-electron chi connectivity index (χ3n) is 6.85. The highest BCUT2D eigenvalue weighted by Crippen LogP contribution is 2.52. The molecule has 1 saturated carbocycles. The van der Waals surface area contributed by atoms with Crippen molar-refractivity contribution in [3.63, 3.8) is 0 Å². The zero-order valence-electron chi connectivity index (χ0n) is 18.3. The van der Waals surface area contributed by atoms with Crippen LogP contribution in [-0.2, 0) is 6.54 Å². The summed E-state index contributed by atoms with van der Waals surface area (Å²) < 4.78 is 5.28. The van der Waals surface area contributed by atoms with Gasteiger partial charge < -0.3 is 19.6 Å². The van der Waals surface area contributed by atoms with Crippen LogP contribution in [0.2, 0.25) is 0 Å². The highest BCUT2D eigenvalue weighted by Gasteiger charge is 2.51. The Morgan fingerprint density at radius 2 is 2.06 bits per heavy atom. The van der Waals surface area contributed by atoms with E-state index in [1.807, 2.05) is 24.3 Å². The van der Waals surface area contributed by atoms with Gasteiger partial charge in [0.05, 0.1) is 18.4 Å². The van der Waals surface area contributed by atoms with Crippen LogP contribution in [-0.4, -0.2) is 34.3 Å². The number of hydrogen-bond donors (Lipinski definition) is 2. The number of fused-ring (bicyclic) bond motifs is 3. The van der Waals surface area contributed by atoms with E-state index < -0.39 is 0 Å². The minimum Gasteiger partial charge on any atom is -0.467 e. The summed E-state index contributed by atoms with van der Waals surface area (Å²) in [5, 5.41) is 3.64. The molecule has 0 spiro atoms. The quantitative estimate of drug-likeness (QED) is 0.642. The van der Waals surface area contributed by atoms with Gasteiger partial charge in [-0.05, 0) is 60.4 Å². The van der Waals surface area contributed by atoms with E-state index in [2.05, 4.69) is 36.0 Å². The van der Waals surface area contributed by atoms with E-state index in [1.165, 1.54) is 0 Å². The fraction of sp³-hybridized carbons (Fsp3) is 0.440. The first-order valence-electron chi connectivity index (χ1n) is 11.0. The van der Waals surface area contributed by atoms with Crippen LogP contribution < -0.4 is 5.32 Å². The van der Waals surface area contributed by atoms with Crippen LogP contribution in [0.1, 0.15) is 66.5 Å². The molecule has 2 bridgehead atoms. The lowest BCUT2D eigenvalue weighted by molar-refractivity contribution is 0.0708. The van der Waals surface area contributed by atoms with Gasteiger partial charge >= 0.3 is 0 Å². The van der Waals surface area contributed by atoms with Crippen molar-refractivity contribution in [1.29, 1.82) is 0 Å². The number of aromatic amines is 1. The fourth-order valence-electron chi connectivity index (χ4n) is 5.98. The number of nitrogens with one attached hydrogen (secondary N) is 2. The van der Waals surface area contributed by atoms with E-state index in [9.17, 15) is 9.59 Å². The molecule has 1 aromatic carbocycles. The molecule has 31 heavy (non-hydrogen) atoms. The van der Waals surface area contributed by atoms with Gasteiger partial charge in [-0.2, -0.15) is 0 Å². The van der Waals surface area contributed by atoms with Crippen molar-refractivity contribution in [3.05, 3.63) is 59.7 Å². The minimum atomic E-state index is -0.196. The third-order valence-corrected chi connectivity index (χ3v) is 6.85. The first-order valence-corrected chi connectivity index (χ1v) is 11.0. The van der Waals surface area contributed by atoms with Crippen LogP contribution in [0.25, 0.3) is 10.9 Å². The second kappa shape index (κ2) is 7.01. The number of furan rings is 1. The van der Waals surface area contributed by atoms with Crippen LogP contribution in [0.5, 0.6) is 0 Å². The van der Waals surface area contributed by atoms with Gasteiger partial charge in [-0.15, -0.1) is 0 Å². The van der Waals surface area contributed by atoms with Crippen LogP contribution in [0, 0.1) is 10.8 Å². The molecular weight excluding hydrogens is 390 g/mol. The zero-order chi connectivity index (χ0) is 21.8. The number of rotatable bonds is 4. The molecule has 1 saturated heterocycles. The van der Waals surface area contributed by atoms with Crippen molar-refractivity contribution in [2.75, 3.05) is 6.54 Å². The lowest BCUT2D eigenvalue weighted by atomic mass is 9.65. The summed E-state index contributed by atoms with van der Waals surface area (Å²) in [5.74, 6) is 0.565. The average molecular weight is 420 g/mol. The van der Waals surface area contributed by atoms with Crippen molar-refractivity contribution in [2.24, 2.45) is 10.8 Å². The van der Waals surface area contributed by atoms with Gasteiger partial charge in [0, 0.05) is 35.2 Å². The molecule has 2 amide bonds. The molecule has 5 rings (SSSR count). The van der Waals surface area contributed by atoms with E-state index in [0.29, 0.717) is 29.5 Å². The molecular formula is C25H29N3O3. The molecule has 2 aromatic heterocycles. The number of aromatic nitrogens is 1. The van der Waals surface area contributed by atoms with Crippen molar-refractivity contribution in [3.8, 4) is 0 Å². The number of carbonyl (C=O) groups is 2. The largest absolute Gasteiger partial charge is 0.467 e. The zero-order valence-corrected chi connectivity index (χ0v) is 18.3. The number of nitrogens with zero attached hydrogens (tertiary/aromatic N) is 1. The predicted molar refractivity (Wildman–Crippen MR) is 119 cm³/mol. The van der Waals surface area contributed by atoms with E-state index in [-0.39, 0.29) is 22.6 Å². The number of carbonyl (C=O) groups excluding carboxylic acids is 2. The van der Waals surface area contributed by atoms with Crippen LogP contribution in [0.3, 0.4) is 0 Å². The lowest BCUT2D eigenvalue weighted by Crippen LogP contribution is -2.37. The Balaban J connectivity index is 1.39. The molecule has 2 unspecified atom stereocenters. The Morgan fingerprint density at radius 3 is 2.84 bits per heavy atom. The highest BCUT2D eigenvalue weighted by atomic mass is 16.3. The van der Waals surface area contributed by atoms with Crippen LogP contribution in [0.15, 0.2) is 47.2 Å². The number of benzene rings is 1. The molecule has 6 nitrogen and oxygen atoms in total. The molecule has 2 atom stereocenters. The van der Waals surface area contributed by atoms with Gasteiger partial charge in [-0.25, -0.2) is 0 Å². The summed E-state index contributed by atoms with van der Waals surface area (Å²) in [7, 11) is 0. The van der Waals surface area contributed by atoms with E-state index in [4.69, 9.17) is 4.42 Å². The normalized spacial score (nSPS) is 24.5. The first kappa shape index (κ1) is 19.9. The van der Waals surface area contributed by atoms with Gasteiger partial charge in [0.15, 0.2) is 0 Å². The minimum absolute atomic E-state index is 0.0662. The van der Waals surface area contributed by atoms with Crippen LogP contribution in [0.4, 0.5) is 0 Å². The first-order chi connectivity index (χ1) is 14.7. The van der Waals surface area contributed by atoms with Gasteiger partial charge in [-0.3, -0.25) is 9.59 Å². The van der Waals surface area contributed by atoms with Gasteiger partial charge in [-0.1, -0.05) is 20.8 Å². The summed E-state index contributed by atoms with van der Waals surface area (Å²) in [5.41, 5.74) is 2.46. The number of H-pyrrole nitrogens is 1. The van der Waals surface area contributed by atoms with Crippen LogP contribution >= 0.6 is 0 Å². The summed E-state index contributed by atoms with van der Waals surface area (Å²) in [6.07, 6.45) is 6.55. The fourth-order valence-corrected chi connectivity index (χ4v) is 5.98. The Labute approximate surface area is 182 Å². The molecule has 2 N–H and O–H groups in total. The Kier molecular flexibility index (Phi) is 4.50. The molecule has 2 fully saturated rings. The van der Waals surface area contributed by atoms with Gasteiger partial charge in [0.25, 0.3) is 11.8 Å². The third kappa shape index (κ3) is 3.64. The number of amides is 2. The summed E-state index contributed by atoms with van der Waals surface area (Å²) in [6, 6.07) is 9.51. The van der Waals surface area contributed by atoms with Crippen molar-refractivity contribution < 1.29 is 14.0 Å². The number of hydrogen-bond acceptors (Lipinski definition) is 3. The second-order valence-electron chi connectivity index (χ2n) is 10.4. The summed E-state index contributed by atoms with van der Waals surface area (Å²) in [4.78, 5) is 31.4. The topological polar surface area (TPSA) is 78.3 Å². The van der Waals surface area contributed by atoms with Crippen molar-refractivity contribution >= 4 is 22.7 Å². The highest BCUT2D eigenvalue weighted by molar-refractivity contribution is 6.08. The summed E-state index contributed by atoms with van der Waals surface area (Å²) >= 11 is 0. The Hall–Kier alpha value is -3.02. The maximum Gasteiger partial charge on any atom is 0.254 e. The van der Waals surface area contributed by atoms with Crippen molar-refractivity contribution in [2.45, 2.75) is 52.6 Å². The van der Waals surface area contributed by atoms with E-state index >= 15 is 0 Å². The second-order valence-corrected chi connectivity index (χ2v) is 10.4. The van der Waals surface area contributed by atoms with Crippen molar-refractivity contribution in [1.82, 2.24) is 15.2 Å². The van der Waals surface area contributed by atoms with E-state index in [1.54, 1.807) is 18.5 Å². The molecule has 3 aromatic rings. The summed E-state index contributed by atoms with van der Waals surface area (Å²) in [6.45, 7) is 8.06. The molecule has 1 aliphatic carbocycles. The maximum absolute atomic E-state index is 13.5. The van der Waals surface area contributed by atoms with Gasteiger partial charge in [0.1, 0.15) is 5.76 Å². The SMILES string of the molecule is CC1(C)CC2CC(C)(CN2C(=O)c2ccc3[nH]cc(C(=O)NCc4ccco4)c3c2)C1. The lowest BCUT2D eigenvalue weighted by Gasteiger charge is -2.39.